The Bertz CT molecular complexity index is 1080. The molecule has 1 atom stereocenters. The highest BCUT2D eigenvalue weighted by atomic mass is 19.1. The van der Waals surface area contributed by atoms with E-state index < -0.39 is 11.7 Å². The molecule has 0 unspecified atom stereocenters. The van der Waals surface area contributed by atoms with Gasteiger partial charge in [0.2, 0.25) is 5.91 Å². The summed E-state index contributed by atoms with van der Waals surface area (Å²) in [5.74, 6) is -1.15. The molecule has 158 valence electrons. The van der Waals surface area contributed by atoms with Gasteiger partial charge in [-0.1, -0.05) is 6.92 Å². The summed E-state index contributed by atoms with van der Waals surface area (Å²) in [5.41, 5.74) is 8.35. The molecule has 0 spiro atoms. The van der Waals surface area contributed by atoms with Crippen LogP contribution in [-0.4, -0.2) is 41.5 Å². The van der Waals surface area contributed by atoms with Crippen molar-refractivity contribution in [2.75, 3.05) is 19.7 Å². The fourth-order valence-electron chi connectivity index (χ4n) is 4.33. The Kier molecular flexibility index (Phi) is 5.72. The molecule has 7 heteroatoms. The summed E-state index contributed by atoms with van der Waals surface area (Å²) >= 11 is 0. The maximum atomic E-state index is 14.1. The highest BCUT2D eigenvalue weighted by Gasteiger charge is 2.29. The number of fused-ring (bicyclic) bond motifs is 2. The van der Waals surface area contributed by atoms with E-state index in [0.717, 1.165) is 42.4 Å². The highest BCUT2D eigenvalue weighted by Crippen LogP contribution is 2.32. The zero-order valence-electron chi connectivity index (χ0n) is 16.9. The Morgan fingerprint density at radius 2 is 2.13 bits per heavy atom. The Balaban J connectivity index is 1.44. The average Bonchev–Trinajstić information content (AvgIpc) is 3.13. The monoisotopic (exact) mass is 413 g/mol. The van der Waals surface area contributed by atoms with Gasteiger partial charge >= 0.3 is 0 Å². The van der Waals surface area contributed by atoms with E-state index in [-0.39, 0.29) is 17.6 Å². The molecule has 3 N–H and O–H groups in total. The summed E-state index contributed by atoms with van der Waals surface area (Å²) in [4.78, 5) is 17.2. The summed E-state index contributed by atoms with van der Waals surface area (Å²) in [6.45, 7) is 4.03. The van der Waals surface area contributed by atoms with E-state index in [1.54, 1.807) is 12.1 Å². The van der Waals surface area contributed by atoms with Gasteiger partial charge in [0.1, 0.15) is 12.4 Å². The van der Waals surface area contributed by atoms with Gasteiger partial charge in [-0.2, -0.15) is 0 Å². The third-order valence-electron chi connectivity index (χ3n) is 5.88. The molecular formula is C23H25F2N3O2. The van der Waals surface area contributed by atoms with Crippen LogP contribution in [0.5, 0.6) is 5.75 Å². The van der Waals surface area contributed by atoms with Crippen molar-refractivity contribution in [3.05, 3.63) is 64.9 Å². The number of benzene rings is 2. The van der Waals surface area contributed by atoms with E-state index >= 15 is 0 Å². The van der Waals surface area contributed by atoms with Crippen LogP contribution in [0, 0.1) is 11.6 Å². The fraction of sp³-hybridized carbons (Fsp3) is 0.348. The van der Waals surface area contributed by atoms with E-state index in [1.807, 2.05) is 6.20 Å². The highest BCUT2D eigenvalue weighted by molar-refractivity contribution is 5.95. The Hall–Kier alpha value is -2.93. The molecule has 1 aliphatic rings. The van der Waals surface area contributed by atoms with Crippen molar-refractivity contribution in [2.45, 2.75) is 32.2 Å². The third-order valence-corrected chi connectivity index (χ3v) is 5.88. The van der Waals surface area contributed by atoms with Crippen LogP contribution in [0.15, 0.2) is 36.5 Å². The van der Waals surface area contributed by atoms with Crippen molar-refractivity contribution in [2.24, 2.45) is 5.73 Å². The largest absolute Gasteiger partial charge is 0.489 e. The van der Waals surface area contributed by atoms with Crippen molar-refractivity contribution in [3.63, 3.8) is 0 Å². The molecular weight excluding hydrogens is 388 g/mol. The average molecular weight is 413 g/mol. The normalized spacial score (nSPS) is 15.9. The molecule has 1 aromatic heterocycles. The number of H-pyrrole nitrogens is 1. The minimum Gasteiger partial charge on any atom is -0.489 e. The molecule has 0 aliphatic carbocycles. The van der Waals surface area contributed by atoms with Gasteiger partial charge in [0.05, 0.1) is 0 Å². The van der Waals surface area contributed by atoms with Crippen molar-refractivity contribution >= 4 is 16.8 Å². The van der Waals surface area contributed by atoms with E-state index in [9.17, 15) is 13.6 Å². The third kappa shape index (κ3) is 3.89. The van der Waals surface area contributed by atoms with Crippen LogP contribution >= 0.6 is 0 Å². The second kappa shape index (κ2) is 8.44. The zero-order chi connectivity index (χ0) is 21.3. The zero-order valence-corrected chi connectivity index (χ0v) is 16.9. The number of nitrogens with one attached hydrogen (secondary N) is 1. The Morgan fingerprint density at radius 1 is 1.30 bits per heavy atom. The number of likely N-dealkylation sites (N-methyl/N-ethyl adjacent to an activating group) is 1. The first-order valence-electron chi connectivity index (χ1n) is 10.2. The van der Waals surface area contributed by atoms with Gasteiger partial charge in [0, 0.05) is 34.3 Å². The van der Waals surface area contributed by atoms with E-state index in [4.69, 9.17) is 10.5 Å². The van der Waals surface area contributed by atoms with Crippen LogP contribution in [0.25, 0.3) is 10.9 Å². The van der Waals surface area contributed by atoms with Crippen molar-refractivity contribution in [1.29, 1.82) is 0 Å². The van der Waals surface area contributed by atoms with Crippen molar-refractivity contribution < 1.29 is 18.3 Å². The summed E-state index contributed by atoms with van der Waals surface area (Å²) < 4.78 is 33.4. The van der Waals surface area contributed by atoms with Gasteiger partial charge < -0.3 is 15.5 Å². The van der Waals surface area contributed by atoms with E-state index in [0.29, 0.717) is 24.2 Å². The predicted molar refractivity (Wildman–Crippen MR) is 112 cm³/mol. The Morgan fingerprint density at radius 3 is 2.90 bits per heavy atom. The van der Waals surface area contributed by atoms with E-state index in [1.165, 1.54) is 18.2 Å². The first kappa shape index (κ1) is 20.3. The van der Waals surface area contributed by atoms with Gasteiger partial charge in [-0.25, -0.2) is 8.78 Å². The molecule has 1 amide bonds. The number of carbonyl (C=O) groups is 1. The molecule has 2 heterocycles. The number of rotatable bonds is 7. The second-order valence-electron chi connectivity index (χ2n) is 7.67. The number of nitrogens with two attached hydrogens (primary N) is 1. The molecule has 1 aliphatic heterocycles. The molecule has 2 aromatic carbocycles. The summed E-state index contributed by atoms with van der Waals surface area (Å²) in [6.07, 6.45) is 4.14. The topological polar surface area (TPSA) is 71.3 Å². The van der Waals surface area contributed by atoms with Gasteiger partial charge in [-0.05, 0) is 68.2 Å². The van der Waals surface area contributed by atoms with Gasteiger partial charge in [0.25, 0.3) is 0 Å². The number of amides is 1. The summed E-state index contributed by atoms with van der Waals surface area (Å²) in [7, 11) is 0. The number of nitrogens with zero attached hydrogens (tertiary/aromatic N) is 1. The maximum absolute atomic E-state index is 14.1. The molecule has 30 heavy (non-hydrogen) atoms. The number of hydrogen-bond donors (Lipinski definition) is 2. The Labute approximate surface area is 173 Å². The lowest BCUT2D eigenvalue weighted by Gasteiger charge is -2.35. The van der Waals surface area contributed by atoms with Crippen molar-refractivity contribution in [3.8, 4) is 5.75 Å². The van der Waals surface area contributed by atoms with Crippen LogP contribution in [-0.2, 0) is 12.8 Å². The van der Waals surface area contributed by atoms with Crippen LogP contribution in [0.3, 0.4) is 0 Å². The molecule has 0 saturated carbocycles. The number of halogens is 2. The summed E-state index contributed by atoms with van der Waals surface area (Å²) in [5, 5.41) is 0.912. The lowest BCUT2D eigenvalue weighted by atomic mass is 9.95. The predicted octanol–water partition coefficient (Wildman–Crippen LogP) is 3.80. The minimum absolute atomic E-state index is 0.0304. The molecule has 0 radical (unpaired) electrons. The van der Waals surface area contributed by atoms with Gasteiger partial charge in [-0.15, -0.1) is 0 Å². The van der Waals surface area contributed by atoms with Gasteiger partial charge in [0.15, 0.2) is 11.6 Å². The minimum atomic E-state index is -0.579. The smallest absolute Gasteiger partial charge is 0.249 e. The molecule has 0 saturated heterocycles. The lowest BCUT2D eigenvalue weighted by Crippen LogP contribution is -2.44. The number of hydrogen-bond acceptors (Lipinski definition) is 3. The van der Waals surface area contributed by atoms with Crippen LogP contribution in [0.4, 0.5) is 8.78 Å². The molecule has 0 bridgehead atoms. The second-order valence-corrected chi connectivity index (χ2v) is 7.67. The number of primary amides is 1. The number of aromatic nitrogens is 1. The van der Waals surface area contributed by atoms with Crippen LogP contribution in [0.1, 0.15) is 34.8 Å². The molecule has 5 nitrogen and oxygen atoms in total. The number of aryl methyl sites for hydroxylation is 1. The molecule has 4 rings (SSSR count). The number of ether oxygens (including phenoxy) is 1. The molecule has 3 aromatic rings. The maximum Gasteiger partial charge on any atom is 0.249 e. The fourth-order valence-corrected chi connectivity index (χ4v) is 4.33. The quantitative estimate of drug-likeness (QED) is 0.619. The van der Waals surface area contributed by atoms with E-state index in [2.05, 4.69) is 16.8 Å². The first-order chi connectivity index (χ1) is 14.5. The molecule has 0 fully saturated rings. The number of carbonyl (C=O) groups excluding carboxylic acids is 1. The lowest BCUT2D eigenvalue weighted by molar-refractivity contribution is 0.0987. The van der Waals surface area contributed by atoms with Crippen LogP contribution in [0.2, 0.25) is 0 Å². The van der Waals surface area contributed by atoms with Gasteiger partial charge in [-0.3, -0.25) is 9.69 Å². The standard InChI is InChI=1S/C23H25F2N3O2/c1-2-28(9-3-4-14-12-27-21-8-5-15(24)10-18(14)21)16-11-19-17(23(26)29)6-7-20(25)22(19)30-13-16/h5-8,10,12,16,27H,2-4,9,11,13H2,1H3,(H2,26,29)/t16-/m0/s1. The number of aromatic amines is 1. The summed E-state index contributed by atoms with van der Waals surface area (Å²) in [6, 6.07) is 7.44. The van der Waals surface area contributed by atoms with Crippen molar-refractivity contribution in [1.82, 2.24) is 9.88 Å². The first-order valence-corrected chi connectivity index (χ1v) is 10.2. The SMILES string of the molecule is CCN(CCCc1c[nH]c2ccc(F)cc12)[C@@H]1COc2c(F)ccc(C(N)=O)c2C1. The van der Waals surface area contributed by atoms with Crippen LogP contribution < -0.4 is 10.5 Å².